The first-order valence-corrected chi connectivity index (χ1v) is 8.75. The summed E-state index contributed by atoms with van der Waals surface area (Å²) in [7, 11) is -2.72. The van der Waals surface area contributed by atoms with Gasteiger partial charge in [0.15, 0.2) is 14.9 Å². The standard InChI is InChI=1S/C15H12ClN3O4S/c1-23-15(20)11-12(18)10(7-17)14(24(2,21)22)19-13(11)8-4-3-5-9(16)6-8/h3-6H,1-2H3,(H2,18,19). The second-order valence-electron chi connectivity index (χ2n) is 4.82. The van der Waals surface area contributed by atoms with Gasteiger partial charge in [-0.25, -0.2) is 18.2 Å². The van der Waals surface area contributed by atoms with Gasteiger partial charge in [-0.1, -0.05) is 23.7 Å². The Hall–Kier alpha value is -2.63. The van der Waals surface area contributed by atoms with Crippen LogP contribution in [0.25, 0.3) is 11.3 Å². The molecule has 0 unspecified atom stereocenters. The minimum Gasteiger partial charge on any atom is -0.465 e. The maximum Gasteiger partial charge on any atom is 0.342 e. The van der Waals surface area contributed by atoms with E-state index in [4.69, 9.17) is 17.3 Å². The van der Waals surface area contributed by atoms with E-state index in [2.05, 4.69) is 9.72 Å². The number of nitrogen functional groups attached to an aromatic ring is 1. The van der Waals surface area contributed by atoms with E-state index in [1.54, 1.807) is 24.3 Å². The highest BCUT2D eigenvalue weighted by molar-refractivity contribution is 7.90. The Morgan fingerprint density at radius 2 is 2.08 bits per heavy atom. The highest BCUT2D eigenvalue weighted by atomic mass is 35.5. The molecule has 0 bridgehead atoms. The van der Waals surface area contributed by atoms with Crippen molar-refractivity contribution in [3.63, 3.8) is 0 Å². The lowest BCUT2D eigenvalue weighted by molar-refractivity contribution is 0.0602. The normalized spacial score (nSPS) is 10.9. The van der Waals surface area contributed by atoms with Crippen LogP contribution in [0.2, 0.25) is 5.02 Å². The molecule has 7 nitrogen and oxygen atoms in total. The Morgan fingerprint density at radius 3 is 2.58 bits per heavy atom. The number of pyridine rings is 1. The number of hydrogen-bond donors (Lipinski definition) is 1. The third-order valence-electron chi connectivity index (χ3n) is 3.15. The van der Waals surface area contributed by atoms with E-state index in [0.717, 1.165) is 13.4 Å². The Kier molecular flexibility index (Phi) is 4.78. The Morgan fingerprint density at radius 1 is 1.42 bits per heavy atom. The number of aromatic nitrogens is 1. The Labute approximate surface area is 143 Å². The molecule has 2 rings (SSSR count). The molecular formula is C15H12ClN3O4S. The van der Waals surface area contributed by atoms with Crippen molar-refractivity contribution < 1.29 is 17.9 Å². The average Bonchev–Trinajstić information content (AvgIpc) is 2.52. The number of carbonyl (C=O) groups excluding carboxylic acids is 1. The molecule has 0 atom stereocenters. The molecule has 1 aromatic carbocycles. The fourth-order valence-corrected chi connectivity index (χ4v) is 3.08. The third kappa shape index (κ3) is 3.18. The van der Waals surface area contributed by atoms with Crippen molar-refractivity contribution in [2.24, 2.45) is 0 Å². The van der Waals surface area contributed by atoms with Crippen LogP contribution >= 0.6 is 11.6 Å². The molecule has 1 aromatic heterocycles. The van der Waals surface area contributed by atoms with Crippen molar-refractivity contribution in [2.75, 3.05) is 19.1 Å². The first-order chi connectivity index (χ1) is 11.2. The molecule has 0 radical (unpaired) electrons. The van der Waals surface area contributed by atoms with Crippen LogP contribution in [-0.2, 0) is 14.6 Å². The number of benzene rings is 1. The van der Waals surface area contributed by atoms with Crippen molar-refractivity contribution in [2.45, 2.75) is 5.03 Å². The SMILES string of the molecule is COC(=O)c1c(-c2cccc(Cl)c2)nc(S(C)(=O)=O)c(C#N)c1N. The van der Waals surface area contributed by atoms with Crippen molar-refractivity contribution in [3.05, 3.63) is 40.4 Å². The zero-order chi connectivity index (χ0) is 18.1. The van der Waals surface area contributed by atoms with E-state index in [-0.39, 0.29) is 16.9 Å². The number of halogens is 1. The monoisotopic (exact) mass is 365 g/mol. The summed E-state index contributed by atoms with van der Waals surface area (Å²) in [4.78, 5) is 16.1. The Bertz CT molecular complexity index is 981. The lowest BCUT2D eigenvalue weighted by Gasteiger charge is -2.14. The summed E-state index contributed by atoms with van der Waals surface area (Å²) in [6, 6.07) is 7.97. The summed E-state index contributed by atoms with van der Waals surface area (Å²) in [6.45, 7) is 0. The van der Waals surface area contributed by atoms with E-state index in [1.165, 1.54) is 6.07 Å². The summed E-state index contributed by atoms with van der Waals surface area (Å²) in [5.74, 6) is -0.841. The van der Waals surface area contributed by atoms with E-state index >= 15 is 0 Å². The number of rotatable bonds is 3. The van der Waals surface area contributed by atoms with Gasteiger partial charge < -0.3 is 10.5 Å². The topological polar surface area (TPSA) is 123 Å². The van der Waals surface area contributed by atoms with Gasteiger partial charge in [-0.3, -0.25) is 0 Å². The molecule has 1 heterocycles. The molecule has 2 aromatic rings. The predicted octanol–water partition coefficient (Wildman–Crippen LogP) is 2.05. The zero-order valence-corrected chi connectivity index (χ0v) is 14.3. The van der Waals surface area contributed by atoms with Gasteiger partial charge in [-0.15, -0.1) is 0 Å². The molecule has 9 heteroatoms. The number of methoxy groups -OCH3 is 1. The van der Waals surface area contributed by atoms with E-state index < -0.39 is 26.4 Å². The molecule has 0 fully saturated rings. The molecule has 0 aliphatic carbocycles. The van der Waals surface area contributed by atoms with Gasteiger partial charge in [-0.2, -0.15) is 5.26 Å². The summed E-state index contributed by atoms with van der Waals surface area (Å²) in [5, 5.41) is 9.09. The minimum atomic E-state index is -3.86. The highest BCUT2D eigenvalue weighted by Crippen LogP contribution is 2.33. The van der Waals surface area contributed by atoms with Crippen molar-refractivity contribution in [3.8, 4) is 17.3 Å². The number of hydrogen-bond acceptors (Lipinski definition) is 7. The van der Waals surface area contributed by atoms with Crippen LogP contribution in [0.5, 0.6) is 0 Å². The van der Waals surface area contributed by atoms with Crippen molar-refractivity contribution in [1.29, 1.82) is 5.26 Å². The number of anilines is 1. The summed E-state index contributed by atoms with van der Waals surface area (Å²) in [6.07, 6.45) is 0.898. The van der Waals surface area contributed by atoms with Gasteiger partial charge in [-0.05, 0) is 12.1 Å². The molecule has 0 aliphatic rings. The maximum atomic E-state index is 12.1. The number of carbonyl (C=O) groups is 1. The molecule has 0 saturated carbocycles. The fraction of sp³-hybridized carbons (Fsp3) is 0.133. The van der Waals surface area contributed by atoms with Crippen molar-refractivity contribution in [1.82, 2.24) is 4.98 Å². The summed E-state index contributed by atoms with van der Waals surface area (Å²) >= 11 is 5.94. The molecule has 0 spiro atoms. The predicted molar refractivity (Wildman–Crippen MR) is 88.3 cm³/mol. The molecule has 0 aliphatic heterocycles. The van der Waals surface area contributed by atoms with E-state index in [9.17, 15) is 18.5 Å². The highest BCUT2D eigenvalue weighted by Gasteiger charge is 2.28. The van der Waals surface area contributed by atoms with Gasteiger partial charge in [0.25, 0.3) is 0 Å². The number of esters is 1. The number of nitrogens with zero attached hydrogens (tertiary/aromatic N) is 2. The number of sulfone groups is 1. The number of nitriles is 1. The number of ether oxygens (including phenoxy) is 1. The lowest BCUT2D eigenvalue weighted by atomic mass is 10.0. The smallest absolute Gasteiger partial charge is 0.342 e. The molecule has 2 N–H and O–H groups in total. The van der Waals surface area contributed by atoms with Crippen LogP contribution in [0.1, 0.15) is 15.9 Å². The van der Waals surface area contributed by atoms with Gasteiger partial charge in [0.1, 0.15) is 17.2 Å². The average molecular weight is 366 g/mol. The van der Waals surface area contributed by atoms with Crippen LogP contribution in [-0.4, -0.2) is 32.7 Å². The van der Waals surface area contributed by atoms with Crippen LogP contribution in [0.3, 0.4) is 0 Å². The quantitative estimate of drug-likeness (QED) is 0.825. The minimum absolute atomic E-state index is 0.0266. The molecule has 124 valence electrons. The third-order valence-corrected chi connectivity index (χ3v) is 4.39. The van der Waals surface area contributed by atoms with Gasteiger partial charge >= 0.3 is 5.97 Å². The van der Waals surface area contributed by atoms with Crippen molar-refractivity contribution >= 4 is 33.1 Å². The molecular weight excluding hydrogens is 354 g/mol. The largest absolute Gasteiger partial charge is 0.465 e. The van der Waals surface area contributed by atoms with Crippen LogP contribution in [0, 0.1) is 11.3 Å². The zero-order valence-electron chi connectivity index (χ0n) is 12.7. The van der Waals surface area contributed by atoms with E-state index in [1.807, 2.05) is 0 Å². The van der Waals surface area contributed by atoms with E-state index in [0.29, 0.717) is 10.6 Å². The Balaban J connectivity index is 2.99. The fourth-order valence-electron chi connectivity index (χ4n) is 2.11. The first-order valence-electron chi connectivity index (χ1n) is 6.48. The summed E-state index contributed by atoms with van der Waals surface area (Å²) < 4.78 is 28.6. The van der Waals surface area contributed by atoms with Crippen LogP contribution < -0.4 is 5.73 Å². The lowest BCUT2D eigenvalue weighted by Crippen LogP contribution is -2.15. The second kappa shape index (κ2) is 6.47. The first kappa shape index (κ1) is 17.7. The van der Waals surface area contributed by atoms with Crippen LogP contribution in [0.15, 0.2) is 29.3 Å². The van der Waals surface area contributed by atoms with Crippen LogP contribution in [0.4, 0.5) is 5.69 Å². The molecule has 0 saturated heterocycles. The maximum absolute atomic E-state index is 12.1. The molecule has 0 amide bonds. The number of nitrogens with two attached hydrogens (primary N) is 1. The van der Waals surface area contributed by atoms with Gasteiger partial charge in [0, 0.05) is 16.8 Å². The second-order valence-corrected chi connectivity index (χ2v) is 7.18. The van der Waals surface area contributed by atoms with Gasteiger partial charge in [0.2, 0.25) is 0 Å². The summed E-state index contributed by atoms with van der Waals surface area (Å²) in [5.41, 5.74) is 5.32. The molecule has 24 heavy (non-hydrogen) atoms. The van der Waals surface area contributed by atoms with Gasteiger partial charge in [0.05, 0.1) is 18.5 Å².